The number of phosphoric acid groups is 1. The molecule has 0 aliphatic heterocycles. The highest BCUT2D eigenvalue weighted by Gasteiger charge is 2.28. The Morgan fingerprint density at radius 1 is 0.778 bits per heavy atom. The van der Waals surface area contributed by atoms with Gasteiger partial charge in [0.15, 0.2) is 0 Å². The van der Waals surface area contributed by atoms with Crippen LogP contribution in [0.5, 0.6) is 0 Å². The molecule has 3 unspecified atom stereocenters. The van der Waals surface area contributed by atoms with Gasteiger partial charge < -0.3 is 19.8 Å². The Morgan fingerprint density at radius 3 is 1.93 bits per heavy atom. The Hall–Kier alpha value is -1.54. The maximum absolute atomic E-state index is 12.7. The first-order valence-electron chi connectivity index (χ1n) is 17.5. The number of amides is 1. The summed E-state index contributed by atoms with van der Waals surface area (Å²) in [6.45, 7) is 4.60. The minimum atomic E-state index is -4.29. The molecule has 0 saturated carbocycles. The number of aliphatic hydroxyl groups is 1. The third kappa shape index (κ3) is 30.9. The molecule has 8 nitrogen and oxygen atoms in total. The van der Waals surface area contributed by atoms with Gasteiger partial charge in [-0.15, -0.1) is 0 Å². The van der Waals surface area contributed by atoms with Crippen molar-refractivity contribution in [2.75, 3.05) is 40.9 Å². The lowest BCUT2D eigenvalue weighted by atomic mass is 10.0. The van der Waals surface area contributed by atoms with Gasteiger partial charge in [0.05, 0.1) is 39.9 Å². The van der Waals surface area contributed by atoms with Gasteiger partial charge in [-0.1, -0.05) is 114 Å². The third-order valence-electron chi connectivity index (χ3n) is 7.34. The number of allylic oxidation sites excluding steroid dienone is 8. The van der Waals surface area contributed by atoms with E-state index in [0.717, 1.165) is 83.5 Å². The van der Waals surface area contributed by atoms with Crippen molar-refractivity contribution in [1.82, 2.24) is 5.32 Å². The molecule has 3 N–H and O–H groups in total. The molecule has 0 fully saturated rings. The summed E-state index contributed by atoms with van der Waals surface area (Å²) in [5.74, 6) is -0.172. The van der Waals surface area contributed by atoms with Crippen molar-refractivity contribution in [2.45, 2.75) is 135 Å². The molecular formula is C36H68N2O6P+. The molecule has 0 spiro atoms. The van der Waals surface area contributed by atoms with Crippen LogP contribution in [0.4, 0.5) is 0 Å². The van der Waals surface area contributed by atoms with E-state index in [0.29, 0.717) is 23.9 Å². The number of quaternary nitrogens is 1. The second-order valence-corrected chi connectivity index (χ2v) is 14.3. The quantitative estimate of drug-likeness (QED) is 0.0310. The molecule has 3 atom stereocenters. The smallest absolute Gasteiger partial charge is 0.391 e. The van der Waals surface area contributed by atoms with Gasteiger partial charge >= 0.3 is 7.82 Å². The van der Waals surface area contributed by atoms with Crippen LogP contribution >= 0.6 is 7.82 Å². The Labute approximate surface area is 276 Å². The van der Waals surface area contributed by atoms with Gasteiger partial charge in [0.2, 0.25) is 5.91 Å². The van der Waals surface area contributed by atoms with Crippen molar-refractivity contribution in [1.29, 1.82) is 0 Å². The molecule has 0 aromatic carbocycles. The fraction of sp³-hybridized carbons (Fsp3) is 0.750. The maximum Gasteiger partial charge on any atom is 0.472 e. The Bertz CT molecular complexity index is 881. The van der Waals surface area contributed by atoms with Gasteiger partial charge in [0.25, 0.3) is 0 Å². The number of rotatable bonds is 30. The number of nitrogens with one attached hydrogen (secondary N) is 1. The number of hydrogen-bond donors (Lipinski definition) is 3. The number of hydrogen-bond acceptors (Lipinski definition) is 5. The standard InChI is InChI=1S/C36H67N2O6P/c1-6-8-10-12-13-14-15-16-17-18-19-20-21-22-23-24-25-26-28-30-36(40)37-34(35(39)29-27-11-9-7-2)33-44-45(41,42)43-32-31-38(3,4)5/h8,10,13-14,16-17,19-20,34-35,39H,6-7,9,11-12,15,18,21-33H2,1-5H3,(H-,37,40,41,42)/p+1/b10-8-,14-13-,17-16-,20-19-. The molecule has 0 radical (unpaired) electrons. The highest BCUT2D eigenvalue weighted by Crippen LogP contribution is 2.43. The molecule has 1 amide bonds. The maximum atomic E-state index is 12.7. The van der Waals surface area contributed by atoms with Crippen LogP contribution in [0.2, 0.25) is 0 Å². The summed E-state index contributed by atoms with van der Waals surface area (Å²) in [7, 11) is 1.59. The molecule has 0 bridgehead atoms. The summed E-state index contributed by atoms with van der Waals surface area (Å²) in [4.78, 5) is 22.8. The molecule has 0 saturated heterocycles. The lowest BCUT2D eigenvalue weighted by molar-refractivity contribution is -0.870. The van der Waals surface area contributed by atoms with Crippen molar-refractivity contribution in [2.24, 2.45) is 0 Å². The zero-order valence-electron chi connectivity index (χ0n) is 29.3. The van der Waals surface area contributed by atoms with Crippen molar-refractivity contribution in [3.8, 4) is 0 Å². The minimum Gasteiger partial charge on any atom is -0.391 e. The number of phosphoric ester groups is 1. The largest absolute Gasteiger partial charge is 0.472 e. The first kappa shape index (κ1) is 43.5. The predicted molar refractivity (Wildman–Crippen MR) is 189 cm³/mol. The summed E-state index contributed by atoms with van der Waals surface area (Å²) < 4.78 is 23.2. The summed E-state index contributed by atoms with van der Waals surface area (Å²) in [5.41, 5.74) is 0. The number of likely N-dealkylation sites (N-methyl/N-ethyl adjacent to an activating group) is 1. The topological polar surface area (TPSA) is 105 Å². The number of nitrogens with zero attached hydrogens (tertiary/aromatic N) is 1. The van der Waals surface area contributed by atoms with E-state index in [1.165, 1.54) is 12.8 Å². The number of carbonyl (C=O) groups is 1. The van der Waals surface area contributed by atoms with Gasteiger partial charge in [-0.2, -0.15) is 0 Å². The normalized spacial score (nSPS) is 15.4. The van der Waals surface area contributed by atoms with Crippen molar-refractivity contribution >= 4 is 13.7 Å². The van der Waals surface area contributed by atoms with E-state index >= 15 is 0 Å². The highest BCUT2D eigenvalue weighted by atomic mass is 31.2. The number of carbonyl (C=O) groups excluding carboxylic acids is 1. The fourth-order valence-electron chi connectivity index (χ4n) is 4.50. The third-order valence-corrected chi connectivity index (χ3v) is 8.33. The van der Waals surface area contributed by atoms with Crippen LogP contribution in [-0.4, -0.2) is 73.4 Å². The average molecular weight is 656 g/mol. The van der Waals surface area contributed by atoms with E-state index in [9.17, 15) is 19.4 Å². The molecule has 0 rings (SSSR count). The summed E-state index contributed by atoms with van der Waals surface area (Å²) >= 11 is 0. The van der Waals surface area contributed by atoms with Crippen LogP contribution < -0.4 is 5.32 Å². The molecule has 0 aromatic heterocycles. The average Bonchev–Trinajstić information content (AvgIpc) is 2.97. The molecule has 0 aromatic rings. The minimum absolute atomic E-state index is 0.0678. The van der Waals surface area contributed by atoms with Crippen LogP contribution in [0.1, 0.15) is 123 Å². The Kier molecular flexibility index (Phi) is 27.7. The Balaban J connectivity index is 4.25. The van der Waals surface area contributed by atoms with Crippen molar-refractivity contribution in [3.05, 3.63) is 48.6 Å². The fourth-order valence-corrected chi connectivity index (χ4v) is 5.24. The van der Waals surface area contributed by atoms with E-state index in [4.69, 9.17) is 9.05 Å². The highest BCUT2D eigenvalue weighted by molar-refractivity contribution is 7.47. The van der Waals surface area contributed by atoms with Crippen LogP contribution in [0.15, 0.2) is 48.6 Å². The molecule has 0 heterocycles. The summed E-state index contributed by atoms with van der Waals surface area (Å²) in [6, 6.07) is -0.764. The zero-order chi connectivity index (χ0) is 33.7. The van der Waals surface area contributed by atoms with Gasteiger partial charge in [0, 0.05) is 6.42 Å². The zero-order valence-corrected chi connectivity index (χ0v) is 30.2. The van der Waals surface area contributed by atoms with Crippen molar-refractivity contribution in [3.63, 3.8) is 0 Å². The summed E-state index contributed by atoms with van der Waals surface area (Å²) in [6.07, 6.45) is 33.3. The molecule has 0 aliphatic rings. The first-order valence-corrected chi connectivity index (χ1v) is 19.0. The van der Waals surface area contributed by atoms with Gasteiger partial charge in [0.1, 0.15) is 13.2 Å². The van der Waals surface area contributed by atoms with Gasteiger partial charge in [-0.3, -0.25) is 13.8 Å². The Morgan fingerprint density at radius 2 is 1.33 bits per heavy atom. The number of aliphatic hydroxyl groups excluding tert-OH is 1. The molecule has 0 aliphatic carbocycles. The van der Waals surface area contributed by atoms with Crippen LogP contribution in [0, 0.1) is 0 Å². The molecule has 262 valence electrons. The lowest BCUT2D eigenvalue weighted by Crippen LogP contribution is -2.46. The monoisotopic (exact) mass is 655 g/mol. The van der Waals surface area contributed by atoms with E-state index in [2.05, 4.69) is 67.8 Å². The second-order valence-electron chi connectivity index (χ2n) is 12.9. The van der Waals surface area contributed by atoms with E-state index < -0.39 is 20.0 Å². The number of unbranched alkanes of at least 4 members (excludes halogenated alkanes) is 9. The van der Waals surface area contributed by atoms with E-state index in [1.54, 1.807) is 0 Å². The van der Waals surface area contributed by atoms with E-state index in [-0.39, 0.29) is 19.1 Å². The molecule has 9 heteroatoms. The molecular weight excluding hydrogens is 587 g/mol. The summed E-state index contributed by atoms with van der Waals surface area (Å²) in [5, 5.41) is 13.6. The van der Waals surface area contributed by atoms with E-state index in [1.807, 2.05) is 21.1 Å². The molecule has 45 heavy (non-hydrogen) atoms. The van der Waals surface area contributed by atoms with Crippen LogP contribution in [0.3, 0.4) is 0 Å². The second kappa shape index (κ2) is 28.7. The van der Waals surface area contributed by atoms with Crippen molar-refractivity contribution < 1.29 is 32.9 Å². The SMILES string of the molecule is CC/C=C\C/C=C\C/C=C\C/C=C\CCCCCCCCC(=O)NC(COP(=O)(O)OCC[N+](C)(C)C)C(O)CCCCCC. The predicted octanol–water partition coefficient (Wildman–Crippen LogP) is 8.57. The lowest BCUT2D eigenvalue weighted by Gasteiger charge is -2.26. The van der Waals surface area contributed by atoms with Crippen LogP contribution in [-0.2, 0) is 18.4 Å². The van der Waals surface area contributed by atoms with Crippen LogP contribution in [0.25, 0.3) is 0 Å². The first-order chi connectivity index (χ1) is 21.5. The van der Waals surface area contributed by atoms with Gasteiger partial charge in [-0.05, 0) is 51.4 Å². The van der Waals surface area contributed by atoms with Gasteiger partial charge in [-0.25, -0.2) is 4.57 Å².